The summed E-state index contributed by atoms with van der Waals surface area (Å²) >= 11 is 1.33. The van der Waals surface area contributed by atoms with Gasteiger partial charge in [-0.25, -0.2) is 9.97 Å². The molecule has 0 fully saturated rings. The Bertz CT molecular complexity index is 1250. The number of carbonyl (C=O) groups excluding carboxylic acids is 1. The number of hydrogen-bond acceptors (Lipinski definition) is 6. The maximum atomic E-state index is 12.7. The van der Waals surface area contributed by atoms with E-state index in [1.807, 2.05) is 31.6 Å². The second-order valence-corrected chi connectivity index (χ2v) is 7.31. The Morgan fingerprint density at radius 1 is 1.21 bits per heavy atom. The zero-order chi connectivity index (χ0) is 19.8. The average molecular weight is 394 g/mol. The maximum absolute atomic E-state index is 12.7. The van der Waals surface area contributed by atoms with Crippen LogP contribution in [0.2, 0.25) is 0 Å². The van der Waals surface area contributed by atoms with Gasteiger partial charge in [0.2, 0.25) is 5.91 Å². The van der Waals surface area contributed by atoms with Crippen molar-refractivity contribution in [3.63, 3.8) is 0 Å². The lowest BCUT2D eigenvalue weighted by atomic mass is 10.2. The van der Waals surface area contributed by atoms with Crippen molar-refractivity contribution in [1.29, 1.82) is 0 Å². The molecule has 4 aromatic rings. The normalized spacial score (nSPS) is 11.1. The number of aromatic nitrogens is 5. The second-order valence-electron chi connectivity index (χ2n) is 6.46. The first-order valence-electron chi connectivity index (χ1n) is 8.64. The Balaban J connectivity index is 1.55. The summed E-state index contributed by atoms with van der Waals surface area (Å²) in [5, 5.41) is 9.90. The molecule has 0 saturated carbocycles. The Morgan fingerprint density at radius 3 is 2.75 bits per heavy atom. The van der Waals surface area contributed by atoms with E-state index in [2.05, 4.69) is 20.4 Å². The number of aryl methyl sites for hydroxylation is 3. The number of hydrogen-bond donors (Lipinski definition) is 1. The van der Waals surface area contributed by atoms with Gasteiger partial charge in [0.1, 0.15) is 12.4 Å². The van der Waals surface area contributed by atoms with Crippen molar-refractivity contribution >= 4 is 33.3 Å². The number of nitrogens with zero attached hydrogens (tertiary/aromatic N) is 5. The number of benzene rings is 1. The average Bonchev–Trinajstić information content (AvgIpc) is 3.24. The Hall–Kier alpha value is -3.33. The SMILES string of the molecule is Cc1nn(C)cc1-c1csc(NC(=O)Cn2c(C)nc3ccccc3c2=O)n1. The van der Waals surface area contributed by atoms with Crippen molar-refractivity contribution < 1.29 is 4.79 Å². The highest BCUT2D eigenvalue weighted by Crippen LogP contribution is 2.26. The van der Waals surface area contributed by atoms with Crippen LogP contribution in [0.15, 0.2) is 40.6 Å². The van der Waals surface area contributed by atoms with Gasteiger partial charge in [0.05, 0.1) is 22.3 Å². The number of fused-ring (bicyclic) bond motifs is 1. The molecule has 0 aliphatic heterocycles. The molecule has 8 nitrogen and oxygen atoms in total. The van der Waals surface area contributed by atoms with Crippen LogP contribution in [0.5, 0.6) is 0 Å². The van der Waals surface area contributed by atoms with E-state index in [0.717, 1.165) is 17.0 Å². The van der Waals surface area contributed by atoms with E-state index in [1.54, 1.807) is 29.8 Å². The van der Waals surface area contributed by atoms with Gasteiger partial charge in [-0.1, -0.05) is 12.1 Å². The van der Waals surface area contributed by atoms with Gasteiger partial charge in [-0.3, -0.25) is 18.8 Å². The molecular formula is C19H18N6O2S. The van der Waals surface area contributed by atoms with E-state index in [4.69, 9.17) is 0 Å². The molecule has 28 heavy (non-hydrogen) atoms. The van der Waals surface area contributed by atoms with Gasteiger partial charge in [0.15, 0.2) is 5.13 Å². The van der Waals surface area contributed by atoms with Gasteiger partial charge in [-0.15, -0.1) is 11.3 Å². The van der Waals surface area contributed by atoms with Crippen LogP contribution in [-0.2, 0) is 18.4 Å². The van der Waals surface area contributed by atoms with Crippen molar-refractivity contribution in [3.8, 4) is 11.3 Å². The molecule has 1 N–H and O–H groups in total. The number of amides is 1. The zero-order valence-electron chi connectivity index (χ0n) is 15.6. The molecule has 1 aromatic carbocycles. The third-order valence-electron chi connectivity index (χ3n) is 4.39. The molecule has 0 unspecified atom stereocenters. The van der Waals surface area contributed by atoms with Crippen LogP contribution < -0.4 is 10.9 Å². The number of carbonyl (C=O) groups is 1. The molecule has 0 aliphatic carbocycles. The standard InChI is InChI=1S/C19H18N6O2S/c1-11-14(8-24(3)23-11)16-10-28-19(21-16)22-17(26)9-25-12(2)20-15-7-5-4-6-13(15)18(25)27/h4-8,10H,9H2,1-3H3,(H,21,22,26). The third-order valence-corrected chi connectivity index (χ3v) is 5.15. The van der Waals surface area contributed by atoms with Crippen LogP contribution in [0.25, 0.3) is 22.2 Å². The summed E-state index contributed by atoms with van der Waals surface area (Å²) in [6, 6.07) is 7.10. The van der Waals surface area contributed by atoms with Crippen molar-refractivity contribution in [2.24, 2.45) is 7.05 Å². The molecule has 1 amide bonds. The highest BCUT2D eigenvalue weighted by Gasteiger charge is 2.14. The largest absolute Gasteiger partial charge is 0.300 e. The lowest BCUT2D eigenvalue weighted by Gasteiger charge is -2.10. The predicted molar refractivity (Wildman–Crippen MR) is 108 cm³/mol. The summed E-state index contributed by atoms with van der Waals surface area (Å²) in [5.41, 5.74) is 2.94. The zero-order valence-corrected chi connectivity index (χ0v) is 16.4. The molecule has 0 radical (unpaired) electrons. The molecule has 0 bridgehead atoms. The van der Waals surface area contributed by atoms with Crippen LogP contribution in [0.3, 0.4) is 0 Å². The number of thiazole rings is 1. The second kappa shape index (κ2) is 7.01. The van der Waals surface area contributed by atoms with E-state index in [9.17, 15) is 9.59 Å². The molecule has 0 saturated heterocycles. The van der Waals surface area contributed by atoms with Gasteiger partial charge in [0, 0.05) is 24.2 Å². The van der Waals surface area contributed by atoms with Crippen molar-refractivity contribution in [3.05, 3.63) is 57.7 Å². The maximum Gasteiger partial charge on any atom is 0.261 e. The van der Waals surface area contributed by atoms with Crippen molar-refractivity contribution in [1.82, 2.24) is 24.3 Å². The minimum Gasteiger partial charge on any atom is -0.300 e. The molecule has 0 spiro atoms. The molecule has 3 aromatic heterocycles. The smallest absolute Gasteiger partial charge is 0.261 e. The van der Waals surface area contributed by atoms with Gasteiger partial charge >= 0.3 is 0 Å². The molecule has 142 valence electrons. The van der Waals surface area contributed by atoms with Crippen molar-refractivity contribution in [2.75, 3.05) is 5.32 Å². The Labute approximate surface area is 164 Å². The molecular weight excluding hydrogens is 376 g/mol. The van der Waals surface area contributed by atoms with Crippen LogP contribution in [0, 0.1) is 13.8 Å². The number of anilines is 1. The lowest BCUT2D eigenvalue weighted by Crippen LogP contribution is -2.30. The monoisotopic (exact) mass is 394 g/mol. The molecule has 9 heteroatoms. The van der Waals surface area contributed by atoms with Gasteiger partial charge in [-0.05, 0) is 26.0 Å². The van der Waals surface area contributed by atoms with Crippen LogP contribution in [0.1, 0.15) is 11.5 Å². The number of para-hydroxylation sites is 1. The summed E-state index contributed by atoms with van der Waals surface area (Å²) in [7, 11) is 1.85. The topological polar surface area (TPSA) is 94.7 Å². The van der Waals surface area contributed by atoms with Crippen LogP contribution >= 0.6 is 11.3 Å². The predicted octanol–water partition coefficient (Wildman–Crippen LogP) is 2.51. The van der Waals surface area contributed by atoms with Crippen LogP contribution in [0.4, 0.5) is 5.13 Å². The summed E-state index contributed by atoms with van der Waals surface area (Å²) in [6.45, 7) is 3.51. The van der Waals surface area contributed by atoms with E-state index in [1.165, 1.54) is 15.9 Å². The van der Waals surface area contributed by atoms with E-state index >= 15 is 0 Å². The molecule has 0 aliphatic rings. The fourth-order valence-electron chi connectivity index (χ4n) is 3.07. The fraction of sp³-hybridized carbons (Fsp3) is 0.211. The highest BCUT2D eigenvalue weighted by atomic mass is 32.1. The summed E-state index contributed by atoms with van der Waals surface area (Å²) in [4.78, 5) is 34.1. The summed E-state index contributed by atoms with van der Waals surface area (Å²) < 4.78 is 3.10. The van der Waals surface area contributed by atoms with E-state index in [0.29, 0.717) is 21.9 Å². The quantitative estimate of drug-likeness (QED) is 0.574. The lowest BCUT2D eigenvalue weighted by molar-refractivity contribution is -0.116. The van der Waals surface area contributed by atoms with Gasteiger partial charge in [-0.2, -0.15) is 5.10 Å². The Kier molecular flexibility index (Phi) is 4.52. The van der Waals surface area contributed by atoms with E-state index < -0.39 is 0 Å². The first-order chi connectivity index (χ1) is 13.4. The first-order valence-corrected chi connectivity index (χ1v) is 9.52. The molecule has 3 heterocycles. The fourth-order valence-corrected chi connectivity index (χ4v) is 3.80. The number of nitrogens with one attached hydrogen (secondary N) is 1. The summed E-state index contributed by atoms with van der Waals surface area (Å²) in [5.74, 6) is 0.163. The third kappa shape index (κ3) is 3.31. The van der Waals surface area contributed by atoms with Crippen molar-refractivity contribution in [2.45, 2.75) is 20.4 Å². The minimum absolute atomic E-state index is 0.122. The highest BCUT2D eigenvalue weighted by molar-refractivity contribution is 7.14. The van der Waals surface area contributed by atoms with E-state index in [-0.39, 0.29) is 18.0 Å². The first kappa shape index (κ1) is 18.1. The van der Waals surface area contributed by atoms with Crippen LogP contribution in [-0.4, -0.2) is 30.2 Å². The summed E-state index contributed by atoms with van der Waals surface area (Å²) in [6.07, 6.45) is 1.89. The molecule has 0 atom stereocenters. The van der Waals surface area contributed by atoms with Gasteiger partial charge in [0.25, 0.3) is 5.56 Å². The molecule has 4 rings (SSSR count). The Morgan fingerprint density at radius 2 is 2.00 bits per heavy atom. The number of rotatable bonds is 4. The van der Waals surface area contributed by atoms with Gasteiger partial charge < -0.3 is 5.32 Å². The minimum atomic E-state index is -0.328.